The molecule has 144 valence electrons. The zero-order chi connectivity index (χ0) is 20.0. The molecule has 0 saturated heterocycles. The van der Waals surface area contributed by atoms with Gasteiger partial charge in [0.2, 0.25) is 6.79 Å². The summed E-state index contributed by atoms with van der Waals surface area (Å²) >= 11 is 7.02. The van der Waals surface area contributed by atoms with Crippen molar-refractivity contribution in [2.45, 2.75) is 0 Å². The second-order valence-corrected chi connectivity index (χ2v) is 8.24. The second kappa shape index (κ2) is 7.20. The van der Waals surface area contributed by atoms with Crippen LogP contribution in [0.3, 0.4) is 0 Å². The molecule has 0 fully saturated rings. The first-order chi connectivity index (χ1) is 14.1. The van der Waals surface area contributed by atoms with Crippen LogP contribution in [-0.4, -0.2) is 22.1 Å². The number of rotatable bonds is 3. The molecule has 1 aliphatic heterocycles. The van der Waals surface area contributed by atoms with E-state index < -0.39 is 0 Å². The van der Waals surface area contributed by atoms with Crippen molar-refractivity contribution in [1.82, 2.24) is 9.38 Å². The van der Waals surface area contributed by atoms with Gasteiger partial charge in [-0.25, -0.2) is 4.98 Å². The number of fused-ring (bicyclic) bond motifs is 2. The Kier molecular flexibility index (Phi) is 4.52. The Bertz CT molecular complexity index is 1270. The molecule has 0 unspecified atom stereocenters. The van der Waals surface area contributed by atoms with Crippen molar-refractivity contribution in [2.75, 3.05) is 12.1 Å². The van der Waals surface area contributed by atoms with Crippen LogP contribution in [0.15, 0.2) is 69.9 Å². The summed E-state index contributed by atoms with van der Waals surface area (Å²) in [4.78, 5) is 17.3. The number of benzene rings is 2. The highest BCUT2D eigenvalue weighted by Gasteiger charge is 2.16. The molecule has 6 nitrogen and oxygen atoms in total. The van der Waals surface area contributed by atoms with Crippen molar-refractivity contribution in [1.29, 1.82) is 0 Å². The van der Waals surface area contributed by atoms with Gasteiger partial charge in [0, 0.05) is 33.7 Å². The van der Waals surface area contributed by atoms with Gasteiger partial charge in [-0.1, -0.05) is 12.1 Å². The zero-order valence-electron chi connectivity index (χ0n) is 14.9. The smallest absolute Gasteiger partial charge is 0.255 e. The molecule has 29 heavy (non-hydrogen) atoms. The minimum Gasteiger partial charge on any atom is -0.454 e. The monoisotopic (exact) mass is 513 g/mol. The van der Waals surface area contributed by atoms with E-state index in [-0.39, 0.29) is 12.7 Å². The van der Waals surface area contributed by atoms with Crippen molar-refractivity contribution in [3.8, 4) is 22.8 Å². The van der Waals surface area contributed by atoms with E-state index in [1.54, 1.807) is 18.2 Å². The zero-order valence-corrected chi connectivity index (χ0v) is 18.0. The fourth-order valence-corrected chi connectivity index (χ4v) is 4.46. The topological polar surface area (TPSA) is 64.9 Å². The molecule has 1 N–H and O–H groups in total. The van der Waals surface area contributed by atoms with Crippen LogP contribution in [0.4, 0.5) is 5.69 Å². The van der Waals surface area contributed by atoms with Gasteiger partial charge in [0.1, 0.15) is 0 Å². The Balaban J connectivity index is 1.43. The second-order valence-electron chi connectivity index (χ2n) is 6.47. The third-order valence-electron chi connectivity index (χ3n) is 4.52. The summed E-state index contributed by atoms with van der Waals surface area (Å²) in [7, 11) is 0. The standard InChI is InChI=1S/C21H13Br2N3O3/c22-14-8-16(23)20-25-17(10-26(20)9-14)12-2-1-3-15(6-12)24-21(27)13-4-5-18-19(7-13)29-11-28-18/h1-10H,11H2,(H,24,27). The van der Waals surface area contributed by atoms with Gasteiger partial charge in [-0.3, -0.25) is 4.79 Å². The first-order valence-electron chi connectivity index (χ1n) is 8.72. The largest absolute Gasteiger partial charge is 0.454 e. The average Bonchev–Trinajstić information content (AvgIpc) is 3.34. The van der Waals surface area contributed by atoms with E-state index in [2.05, 4.69) is 37.2 Å². The Morgan fingerprint density at radius 1 is 1.03 bits per heavy atom. The molecule has 0 aliphatic carbocycles. The van der Waals surface area contributed by atoms with E-state index in [0.717, 1.165) is 25.8 Å². The molecule has 2 aromatic carbocycles. The molecule has 3 heterocycles. The molecular weight excluding hydrogens is 502 g/mol. The third kappa shape index (κ3) is 3.49. The van der Waals surface area contributed by atoms with E-state index in [1.165, 1.54) is 0 Å². The molecular formula is C21H13Br2N3O3. The highest BCUT2D eigenvalue weighted by molar-refractivity contribution is 9.11. The number of anilines is 1. The molecule has 0 radical (unpaired) electrons. The molecule has 8 heteroatoms. The van der Waals surface area contributed by atoms with Gasteiger partial charge in [-0.05, 0) is 68.3 Å². The van der Waals surface area contributed by atoms with Crippen molar-refractivity contribution in [3.05, 3.63) is 75.4 Å². The van der Waals surface area contributed by atoms with Crippen molar-refractivity contribution in [2.24, 2.45) is 0 Å². The van der Waals surface area contributed by atoms with Crippen molar-refractivity contribution >= 4 is 49.1 Å². The van der Waals surface area contributed by atoms with Crippen LogP contribution in [0.2, 0.25) is 0 Å². The lowest BCUT2D eigenvalue weighted by molar-refractivity contribution is 0.102. The summed E-state index contributed by atoms with van der Waals surface area (Å²) in [5.41, 5.74) is 3.71. The van der Waals surface area contributed by atoms with E-state index in [4.69, 9.17) is 14.5 Å². The summed E-state index contributed by atoms with van der Waals surface area (Å²) in [5.74, 6) is 1.00. The van der Waals surface area contributed by atoms with E-state index in [1.807, 2.05) is 47.1 Å². The van der Waals surface area contributed by atoms with Gasteiger partial charge in [-0.15, -0.1) is 0 Å². The number of imidazole rings is 1. The van der Waals surface area contributed by atoms with Crippen LogP contribution in [0.1, 0.15) is 10.4 Å². The fourth-order valence-electron chi connectivity index (χ4n) is 3.16. The molecule has 0 spiro atoms. The number of hydrogen-bond donors (Lipinski definition) is 1. The maximum absolute atomic E-state index is 12.6. The fraction of sp³-hybridized carbons (Fsp3) is 0.0476. The highest BCUT2D eigenvalue weighted by atomic mass is 79.9. The summed E-state index contributed by atoms with van der Waals surface area (Å²) in [5, 5.41) is 2.93. The first-order valence-corrected chi connectivity index (χ1v) is 10.3. The van der Waals surface area contributed by atoms with Crippen molar-refractivity contribution < 1.29 is 14.3 Å². The third-order valence-corrected chi connectivity index (χ3v) is 5.54. The first kappa shape index (κ1) is 18.2. The number of carbonyl (C=O) groups excluding carboxylic acids is 1. The van der Waals surface area contributed by atoms with E-state index in [0.29, 0.717) is 22.7 Å². The summed E-state index contributed by atoms with van der Waals surface area (Å²) < 4.78 is 14.4. The Labute approximate surface area is 182 Å². The quantitative estimate of drug-likeness (QED) is 0.391. The highest BCUT2D eigenvalue weighted by Crippen LogP contribution is 2.33. The van der Waals surface area contributed by atoms with Crippen LogP contribution in [0.25, 0.3) is 16.9 Å². The molecule has 1 amide bonds. The molecule has 0 atom stereocenters. The van der Waals surface area contributed by atoms with Gasteiger partial charge < -0.3 is 19.2 Å². The predicted octanol–water partition coefficient (Wildman–Crippen LogP) is 5.51. The summed E-state index contributed by atoms with van der Waals surface area (Å²) in [6.45, 7) is 0.175. The van der Waals surface area contributed by atoms with Gasteiger partial charge in [0.15, 0.2) is 17.1 Å². The molecule has 2 aromatic heterocycles. The number of aromatic nitrogens is 2. The minimum absolute atomic E-state index is 0.175. The number of amides is 1. The lowest BCUT2D eigenvalue weighted by Crippen LogP contribution is -2.11. The average molecular weight is 515 g/mol. The number of hydrogen-bond acceptors (Lipinski definition) is 4. The normalized spacial score (nSPS) is 12.3. The summed E-state index contributed by atoms with van der Waals surface area (Å²) in [6, 6.07) is 14.7. The minimum atomic E-state index is -0.220. The number of carbonyl (C=O) groups is 1. The lowest BCUT2D eigenvalue weighted by Gasteiger charge is -2.07. The van der Waals surface area contributed by atoms with Crippen LogP contribution in [-0.2, 0) is 0 Å². The molecule has 0 saturated carbocycles. The van der Waals surface area contributed by atoms with Crippen LogP contribution in [0, 0.1) is 0 Å². The van der Waals surface area contributed by atoms with E-state index in [9.17, 15) is 4.79 Å². The predicted molar refractivity (Wildman–Crippen MR) is 117 cm³/mol. The number of halogens is 2. The maximum atomic E-state index is 12.6. The molecule has 1 aliphatic rings. The number of ether oxygens (including phenoxy) is 2. The number of nitrogens with one attached hydrogen (secondary N) is 1. The number of nitrogens with zero attached hydrogens (tertiary/aromatic N) is 2. The van der Waals surface area contributed by atoms with Gasteiger partial charge >= 0.3 is 0 Å². The number of pyridine rings is 1. The SMILES string of the molecule is O=C(Nc1cccc(-c2cn3cc(Br)cc(Br)c3n2)c1)c1ccc2c(c1)OCO2. The maximum Gasteiger partial charge on any atom is 0.255 e. The Morgan fingerprint density at radius 3 is 2.79 bits per heavy atom. The Morgan fingerprint density at radius 2 is 1.90 bits per heavy atom. The van der Waals surface area contributed by atoms with Gasteiger partial charge in [-0.2, -0.15) is 0 Å². The molecule has 5 rings (SSSR count). The van der Waals surface area contributed by atoms with Gasteiger partial charge in [0.05, 0.1) is 10.2 Å². The van der Waals surface area contributed by atoms with Crippen LogP contribution < -0.4 is 14.8 Å². The molecule has 4 aromatic rings. The van der Waals surface area contributed by atoms with Crippen LogP contribution >= 0.6 is 31.9 Å². The van der Waals surface area contributed by atoms with E-state index >= 15 is 0 Å². The van der Waals surface area contributed by atoms with Crippen molar-refractivity contribution in [3.63, 3.8) is 0 Å². The van der Waals surface area contributed by atoms with Gasteiger partial charge in [0.25, 0.3) is 5.91 Å². The summed E-state index contributed by atoms with van der Waals surface area (Å²) in [6.07, 6.45) is 3.89. The molecule has 0 bridgehead atoms. The van der Waals surface area contributed by atoms with Crippen LogP contribution in [0.5, 0.6) is 11.5 Å². The Hall–Kier alpha value is -2.84. The lowest BCUT2D eigenvalue weighted by atomic mass is 10.1.